The van der Waals surface area contributed by atoms with Gasteiger partial charge in [-0.3, -0.25) is 0 Å². The number of hydrogen-bond acceptors (Lipinski definition) is 2. The van der Waals surface area contributed by atoms with Crippen LogP contribution < -0.4 is 5.73 Å². The minimum absolute atomic E-state index is 0.106. The highest BCUT2D eigenvalue weighted by Gasteiger charge is 2.11. The van der Waals surface area contributed by atoms with Gasteiger partial charge in [-0.15, -0.1) is 11.8 Å². The summed E-state index contributed by atoms with van der Waals surface area (Å²) in [6.45, 7) is 3.96. The molecular weight excluding hydrogens is 197 g/mol. The van der Waals surface area contributed by atoms with Crippen molar-refractivity contribution in [3.8, 4) is 0 Å². The van der Waals surface area contributed by atoms with Crippen LogP contribution in [0, 0.1) is 5.82 Å². The fourth-order valence-corrected chi connectivity index (χ4v) is 2.28. The summed E-state index contributed by atoms with van der Waals surface area (Å²) in [6, 6.07) is 4.99. The van der Waals surface area contributed by atoms with Gasteiger partial charge in [-0.25, -0.2) is 4.39 Å². The Morgan fingerprint density at radius 3 is 2.79 bits per heavy atom. The number of benzene rings is 1. The van der Waals surface area contributed by atoms with Gasteiger partial charge in [0, 0.05) is 10.9 Å². The van der Waals surface area contributed by atoms with Crippen molar-refractivity contribution in [1.29, 1.82) is 0 Å². The van der Waals surface area contributed by atoms with Gasteiger partial charge < -0.3 is 5.73 Å². The summed E-state index contributed by atoms with van der Waals surface area (Å²) in [7, 11) is 0. The molecule has 0 unspecified atom stereocenters. The normalized spacial score (nSPS) is 12.9. The van der Waals surface area contributed by atoms with E-state index in [2.05, 4.69) is 6.92 Å². The number of thioether (sulfide) groups is 1. The van der Waals surface area contributed by atoms with Gasteiger partial charge in [-0.05, 0) is 30.7 Å². The highest BCUT2D eigenvalue weighted by Crippen LogP contribution is 2.29. The first-order valence-electron chi connectivity index (χ1n) is 4.83. The number of halogens is 1. The van der Waals surface area contributed by atoms with E-state index in [1.54, 1.807) is 17.8 Å². The van der Waals surface area contributed by atoms with Gasteiger partial charge >= 0.3 is 0 Å². The lowest BCUT2D eigenvalue weighted by Gasteiger charge is -2.12. The zero-order valence-electron chi connectivity index (χ0n) is 8.59. The molecule has 2 N–H and O–H groups in total. The molecule has 0 bridgehead atoms. The van der Waals surface area contributed by atoms with Gasteiger partial charge in [0.05, 0.1) is 0 Å². The van der Waals surface area contributed by atoms with Crippen molar-refractivity contribution in [3.05, 3.63) is 29.6 Å². The predicted octanol–water partition coefficient (Wildman–Crippen LogP) is 3.35. The quantitative estimate of drug-likeness (QED) is 0.776. The Morgan fingerprint density at radius 1 is 1.50 bits per heavy atom. The molecular formula is C11H16FNS. The van der Waals surface area contributed by atoms with Crippen LogP contribution in [0.15, 0.2) is 23.1 Å². The van der Waals surface area contributed by atoms with Gasteiger partial charge in [0.2, 0.25) is 0 Å². The molecule has 0 fully saturated rings. The largest absolute Gasteiger partial charge is 0.324 e. The van der Waals surface area contributed by atoms with Crippen LogP contribution >= 0.6 is 11.8 Å². The number of rotatable bonds is 4. The van der Waals surface area contributed by atoms with Crippen LogP contribution in [-0.4, -0.2) is 5.75 Å². The average molecular weight is 213 g/mol. The fraction of sp³-hybridized carbons (Fsp3) is 0.455. The molecule has 0 spiro atoms. The van der Waals surface area contributed by atoms with Crippen LogP contribution in [0.25, 0.3) is 0 Å². The third kappa shape index (κ3) is 2.72. The zero-order valence-corrected chi connectivity index (χ0v) is 9.40. The third-order valence-corrected chi connectivity index (χ3v) is 3.27. The van der Waals surface area contributed by atoms with E-state index in [0.29, 0.717) is 4.90 Å². The lowest BCUT2D eigenvalue weighted by atomic mass is 10.1. The smallest absolute Gasteiger partial charge is 0.137 e. The molecule has 0 radical (unpaired) electrons. The van der Waals surface area contributed by atoms with E-state index in [-0.39, 0.29) is 11.9 Å². The fourth-order valence-electron chi connectivity index (χ4n) is 1.24. The summed E-state index contributed by atoms with van der Waals surface area (Å²) in [5.41, 5.74) is 6.68. The average Bonchev–Trinajstić information content (AvgIpc) is 2.15. The van der Waals surface area contributed by atoms with Crippen molar-refractivity contribution in [2.45, 2.75) is 31.2 Å². The molecule has 0 saturated heterocycles. The van der Waals surface area contributed by atoms with Gasteiger partial charge in [0.25, 0.3) is 0 Å². The van der Waals surface area contributed by atoms with Crippen LogP contribution in [0.1, 0.15) is 31.9 Å². The van der Waals surface area contributed by atoms with Crippen molar-refractivity contribution >= 4 is 11.8 Å². The molecule has 0 aliphatic carbocycles. The molecule has 1 rings (SSSR count). The third-order valence-electron chi connectivity index (χ3n) is 1.94. The molecule has 3 heteroatoms. The second-order valence-electron chi connectivity index (χ2n) is 3.30. The lowest BCUT2D eigenvalue weighted by molar-refractivity contribution is 0.591. The van der Waals surface area contributed by atoms with E-state index in [1.165, 1.54) is 6.07 Å². The monoisotopic (exact) mass is 213 g/mol. The van der Waals surface area contributed by atoms with Gasteiger partial charge in [0.15, 0.2) is 0 Å². The zero-order chi connectivity index (χ0) is 10.6. The molecule has 14 heavy (non-hydrogen) atoms. The van der Waals surface area contributed by atoms with Crippen LogP contribution in [-0.2, 0) is 0 Å². The molecule has 0 aromatic heterocycles. The van der Waals surface area contributed by atoms with Gasteiger partial charge in [0.1, 0.15) is 5.82 Å². The van der Waals surface area contributed by atoms with Crippen molar-refractivity contribution in [2.75, 3.05) is 5.75 Å². The second-order valence-corrected chi connectivity index (χ2v) is 4.40. The first-order valence-corrected chi connectivity index (χ1v) is 5.82. The Bertz CT molecular complexity index is 299. The van der Waals surface area contributed by atoms with Crippen LogP contribution in [0.5, 0.6) is 0 Å². The minimum Gasteiger partial charge on any atom is -0.324 e. The van der Waals surface area contributed by atoms with E-state index < -0.39 is 0 Å². The van der Waals surface area contributed by atoms with E-state index >= 15 is 0 Å². The molecule has 0 amide bonds. The molecule has 1 nitrogen and oxygen atoms in total. The maximum Gasteiger partial charge on any atom is 0.137 e. The van der Waals surface area contributed by atoms with Crippen molar-refractivity contribution in [2.24, 2.45) is 5.73 Å². The van der Waals surface area contributed by atoms with E-state index in [9.17, 15) is 4.39 Å². The first kappa shape index (κ1) is 11.5. The Labute approximate surface area is 88.9 Å². The van der Waals surface area contributed by atoms with Crippen molar-refractivity contribution in [1.82, 2.24) is 0 Å². The molecule has 78 valence electrons. The van der Waals surface area contributed by atoms with E-state index in [1.807, 2.05) is 13.0 Å². The lowest BCUT2D eigenvalue weighted by Crippen LogP contribution is -2.07. The van der Waals surface area contributed by atoms with E-state index in [4.69, 9.17) is 5.73 Å². The Balaban J connectivity index is 2.96. The molecule has 0 heterocycles. The molecule has 1 atom stereocenters. The van der Waals surface area contributed by atoms with Gasteiger partial charge in [-0.2, -0.15) is 0 Å². The SMILES string of the molecule is CCCSc1c(F)cccc1[C@H](C)N. The van der Waals surface area contributed by atoms with Crippen LogP contribution in [0.2, 0.25) is 0 Å². The topological polar surface area (TPSA) is 26.0 Å². The number of nitrogens with two attached hydrogens (primary N) is 1. The minimum atomic E-state index is -0.154. The number of hydrogen-bond donors (Lipinski definition) is 1. The van der Waals surface area contributed by atoms with E-state index in [0.717, 1.165) is 17.7 Å². The Morgan fingerprint density at radius 2 is 2.21 bits per heavy atom. The van der Waals surface area contributed by atoms with Crippen molar-refractivity contribution < 1.29 is 4.39 Å². The summed E-state index contributed by atoms with van der Waals surface area (Å²) in [5, 5.41) is 0. The standard InChI is InChI=1S/C11H16FNS/c1-3-7-14-11-9(8(2)13)5-4-6-10(11)12/h4-6,8H,3,7,13H2,1-2H3/t8-/m0/s1. The second kappa shape index (κ2) is 5.37. The maximum absolute atomic E-state index is 13.5. The summed E-state index contributed by atoms with van der Waals surface area (Å²) in [5.74, 6) is 0.777. The molecule has 1 aromatic carbocycles. The van der Waals surface area contributed by atoms with Crippen LogP contribution in [0.3, 0.4) is 0 Å². The molecule has 0 aliphatic heterocycles. The highest BCUT2D eigenvalue weighted by atomic mass is 32.2. The Kier molecular flexibility index (Phi) is 4.42. The maximum atomic E-state index is 13.5. The van der Waals surface area contributed by atoms with Crippen molar-refractivity contribution in [3.63, 3.8) is 0 Å². The molecule has 0 saturated carbocycles. The summed E-state index contributed by atoms with van der Waals surface area (Å²) in [4.78, 5) is 0.712. The highest BCUT2D eigenvalue weighted by molar-refractivity contribution is 7.99. The summed E-state index contributed by atoms with van der Waals surface area (Å²) in [6.07, 6.45) is 1.04. The molecule has 1 aromatic rings. The summed E-state index contributed by atoms with van der Waals surface area (Å²) >= 11 is 1.55. The summed E-state index contributed by atoms with van der Waals surface area (Å²) < 4.78 is 13.5. The molecule has 0 aliphatic rings. The first-order chi connectivity index (χ1) is 6.66. The van der Waals surface area contributed by atoms with Gasteiger partial charge in [-0.1, -0.05) is 19.1 Å². The predicted molar refractivity (Wildman–Crippen MR) is 60.0 cm³/mol. The van der Waals surface area contributed by atoms with Crippen LogP contribution in [0.4, 0.5) is 4.39 Å². The Hall–Kier alpha value is -0.540.